The molecular formula is C10H10ClF2NO4S. The third kappa shape index (κ3) is 3.77. The number of likely N-dealkylation sites (N-methyl/N-ethyl adjacent to an activating group) is 1. The monoisotopic (exact) mass is 313 g/mol. The van der Waals surface area contributed by atoms with Crippen molar-refractivity contribution in [3.8, 4) is 5.75 Å². The van der Waals surface area contributed by atoms with Crippen molar-refractivity contribution in [2.45, 2.75) is 4.90 Å². The largest absolute Gasteiger partial charge is 0.481 e. The van der Waals surface area contributed by atoms with Gasteiger partial charge in [-0.3, -0.25) is 4.79 Å². The zero-order chi connectivity index (χ0) is 14.8. The van der Waals surface area contributed by atoms with Crippen molar-refractivity contribution in [3.05, 3.63) is 23.8 Å². The molecule has 0 aliphatic heterocycles. The first-order valence-electron chi connectivity index (χ1n) is 4.90. The number of hydrogen-bond acceptors (Lipinski definition) is 4. The smallest absolute Gasteiger partial charge is 0.264 e. The topological polar surface area (TPSA) is 63.7 Å². The molecule has 1 amide bonds. The van der Waals surface area contributed by atoms with Crippen molar-refractivity contribution in [1.82, 2.24) is 4.90 Å². The zero-order valence-electron chi connectivity index (χ0n) is 9.98. The Kier molecular flexibility index (Phi) is 4.70. The van der Waals surface area contributed by atoms with Crippen LogP contribution in [0.2, 0.25) is 0 Å². The molecule has 0 spiro atoms. The molecule has 1 aromatic carbocycles. The number of benzene rings is 1. The van der Waals surface area contributed by atoms with E-state index in [0.29, 0.717) is 0 Å². The number of halogens is 3. The Balaban J connectivity index is 3.01. The van der Waals surface area contributed by atoms with E-state index in [-0.39, 0.29) is 0 Å². The van der Waals surface area contributed by atoms with Gasteiger partial charge in [-0.2, -0.15) is 4.39 Å². The van der Waals surface area contributed by atoms with Gasteiger partial charge >= 0.3 is 0 Å². The maximum Gasteiger partial charge on any atom is 0.264 e. The molecule has 0 saturated carbocycles. The molecule has 0 atom stereocenters. The fraction of sp³-hybridized carbons (Fsp3) is 0.300. The number of rotatable bonds is 4. The van der Waals surface area contributed by atoms with E-state index in [9.17, 15) is 22.0 Å². The van der Waals surface area contributed by atoms with E-state index >= 15 is 0 Å². The lowest BCUT2D eigenvalue weighted by atomic mass is 10.3. The Morgan fingerprint density at radius 1 is 1.32 bits per heavy atom. The summed E-state index contributed by atoms with van der Waals surface area (Å²) in [5, 5.41) is 0. The van der Waals surface area contributed by atoms with Gasteiger partial charge in [-0.15, -0.1) is 0 Å². The van der Waals surface area contributed by atoms with Crippen LogP contribution in [0.3, 0.4) is 0 Å². The Bertz CT molecular complexity index is 604. The second-order valence-electron chi connectivity index (χ2n) is 3.70. The van der Waals surface area contributed by atoms with E-state index in [0.717, 1.165) is 12.1 Å². The summed E-state index contributed by atoms with van der Waals surface area (Å²) in [6, 6.07) is 1.65. The molecule has 1 rings (SSSR count). The molecule has 0 unspecified atom stereocenters. The Hall–Kier alpha value is -1.41. The maximum absolute atomic E-state index is 13.5. The fourth-order valence-corrected chi connectivity index (χ4v) is 1.97. The van der Waals surface area contributed by atoms with Crippen LogP contribution in [0, 0.1) is 11.6 Å². The van der Waals surface area contributed by atoms with E-state index in [1.807, 2.05) is 0 Å². The van der Waals surface area contributed by atoms with Crippen LogP contribution in [0.1, 0.15) is 0 Å². The molecule has 0 saturated heterocycles. The minimum absolute atomic E-state index is 0.464. The lowest BCUT2D eigenvalue weighted by Gasteiger charge is -2.12. The molecule has 9 heteroatoms. The summed E-state index contributed by atoms with van der Waals surface area (Å²) in [7, 11) is 3.46. The summed E-state index contributed by atoms with van der Waals surface area (Å²) in [6.07, 6.45) is 0. The van der Waals surface area contributed by atoms with Gasteiger partial charge in [-0.1, -0.05) is 0 Å². The van der Waals surface area contributed by atoms with E-state index in [2.05, 4.69) is 0 Å². The van der Waals surface area contributed by atoms with Gasteiger partial charge in [-0.25, -0.2) is 12.8 Å². The lowest BCUT2D eigenvalue weighted by molar-refractivity contribution is -0.130. The standard InChI is InChI=1S/C10H10ClF2NO4S/c1-14(2)8(15)5-18-6-3-4-7(19(11,16)17)10(13)9(6)12/h3-4H,5H2,1-2H3. The number of carbonyl (C=O) groups is 1. The molecule has 1 aromatic rings. The number of ether oxygens (including phenoxy) is 1. The van der Waals surface area contributed by atoms with Crippen LogP contribution in [0.5, 0.6) is 5.75 Å². The SMILES string of the molecule is CN(C)C(=O)COc1ccc(S(=O)(=O)Cl)c(F)c1F. The Morgan fingerprint density at radius 3 is 2.37 bits per heavy atom. The van der Waals surface area contributed by atoms with Crippen LogP contribution in [-0.2, 0) is 13.8 Å². The summed E-state index contributed by atoms with van der Waals surface area (Å²) >= 11 is 0. The summed E-state index contributed by atoms with van der Waals surface area (Å²) in [4.78, 5) is 11.4. The number of hydrogen-bond donors (Lipinski definition) is 0. The van der Waals surface area contributed by atoms with Gasteiger partial charge in [0.2, 0.25) is 5.82 Å². The predicted octanol–water partition coefficient (Wildman–Crippen LogP) is 1.36. The zero-order valence-corrected chi connectivity index (χ0v) is 11.6. The quantitative estimate of drug-likeness (QED) is 0.787. The van der Waals surface area contributed by atoms with Crippen molar-refractivity contribution in [3.63, 3.8) is 0 Å². The van der Waals surface area contributed by atoms with Crippen LogP contribution in [0.25, 0.3) is 0 Å². The average molecular weight is 314 g/mol. The first-order valence-corrected chi connectivity index (χ1v) is 7.21. The molecule has 0 aliphatic carbocycles. The highest BCUT2D eigenvalue weighted by Crippen LogP contribution is 2.27. The van der Waals surface area contributed by atoms with Crippen molar-refractivity contribution < 1.29 is 26.7 Å². The number of amides is 1. The molecule has 19 heavy (non-hydrogen) atoms. The Labute approximate surface area is 113 Å². The maximum atomic E-state index is 13.5. The molecule has 0 heterocycles. The Morgan fingerprint density at radius 2 is 1.89 bits per heavy atom. The minimum atomic E-state index is -4.39. The highest BCUT2D eigenvalue weighted by molar-refractivity contribution is 8.13. The van der Waals surface area contributed by atoms with Gasteiger partial charge in [0.15, 0.2) is 18.2 Å². The third-order valence-corrected chi connectivity index (χ3v) is 3.46. The van der Waals surface area contributed by atoms with Crippen LogP contribution in [0.15, 0.2) is 17.0 Å². The second-order valence-corrected chi connectivity index (χ2v) is 6.24. The molecule has 0 bridgehead atoms. The van der Waals surface area contributed by atoms with E-state index in [1.165, 1.54) is 19.0 Å². The first kappa shape index (κ1) is 15.6. The van der Waals surface area contributed by atoms with E-state index in [4.69, 9.17) is 15.4 Å². The molecule has 5 nitrogen and oxygen atoms in total. The third-order valence-electron chi connectivity index (χ3n) is 2.12. The van der Waals surface area contributed by atoms with Gasteiger partial charge < -0.3 is 9.64 Å². The van der Waals surface area contributed by atoms with Gasteiger partial charge in [0.05, 0.1) is 0 Å². The highest BCUT2D eigenvalue weighted by atomic mass is 35.7. The molecule has 0 aromatic heterocycles. The molecular weight excluding hydrogens is 304 g/mol. The lowest BCUT2D eigenvalue weighted by Crippen LogP contribution is -2.27. The van der Waals surface area contributed by atoms with Crippen LogP contribution in [-0.4, -0.2) is 39.9 Å². The van der Waals surface area contributed by atoms with Gasteiger partial charge in [0.25, 0.3) is 15.0 Å². The predicted molar refractivity (Wildman–Crippen MR) is 63.6 cm³/mol. The van der Waals surface area contributed by atoms with Crippen LogP contribution in [0.4, 0.5) is 8.78 Å². The average Bonchev–Trinajstić information content (AvgIpc) is 2.28. The highest BCUT2D eigenvalue weighted by Gasteiger charge is 2.23. The van der Waals surface area contributed by atoms with Crippen molar-refractivity contribution in [2.75, 3.05) is 20.7 Å². The van der Waals surface area contributed by atoms with E-state index in [1.54, 1.807) is 0 Å². The van der Waals surface area contributed by atoms with Gasteiger partial charge in [-0.05, 0) is 12.1 Å². The number of nitrogens with zero attached hydrogens (tertiary/aromatic N) is 1. The summed E-state index contributed by atoms with van der Waals surface area (Å²) < 4.78 is 53.5. The minimum Gasteiger partial charge on any atom is -0.481 e. The molecule has 0 fully saturated rings. The summed E-state index contributed by atoms with van der Waals surface area (Å²) in [5.41, 5.74) is 0. The first-order chi connectivity index (χ1) is 8.64. The van der Waals surface area contributed by atoms with Crippen molar-refractivity contribution in [2.24, 2.45) is 0 Å². The summed E-state index contributed by atoms with van der Waals surface area (Å²) in [5.74, 6) is -4.20. The van der Waals surface area contributed by atoms with Crippen LogP contribution < -0.4 is 4.74 Å². The molecule has 0 N–H and O–H groups in total. The van der Waals surface area contributed by atoms with Gasteiger partial charge in [0, 0.05) is 24.8 Å². The normalized spacial score (nSPS) is 11.2. The molecule has 0 radical (unpaired) electrons. The number of carbonyl (C=O) groups excluding carboxylic acids is 1. The molecule has 0 aliphatic rings. The van der Waals surface area contributed by atoms with Crippen molar-refractivity contribution in [1.29, 1.82) is 0 Å². The fourth-order valence-electron chi connectivity index (χ4n) is 1.08. The second kappa shape index (κ2) is 5.70. The van der Waals surface area contributed by atoms with Gasteiger partial charge in [0.1, 0.15) is 4.90 Å². The van der Waals surface area contributed by atoms with Crippen molar-refractivity contribution >= 4 is 25.6 Å². The van der Waals surface area contributed by atoms with Crippen LogP contribution >= 0.6 is 10.7 Å². The van der Waals surface area contributed by atoms with E-state index < -0.39 is 43.8 Å². The summed E-state index contributed by atoms with van der Waals surface area (Å²) in [6.45, 7) is -0.504. The molecule has 106 valence electrons.